The fraction of sp³-hybridized carbons (Fsp3) is 0.435. The second kappa shape index (κ2) is 8.00. The second-order valence-corrected chi connectivity index (χ2v) is 9.31. The molecule has 12 heteroatoms. The first-order chi connectivity index (χ1) is 16.9. The van der Waals surface area contributed by atoms with Gasteiger partial charge in [-0.3, -0.25) is 24.5 Å². The first-order valence-electron chi connectivity index (χ1n) is 11.6. The molecule has 0 radical (unpaired) electrons. The van der Waals surface area contributed by atoms with Crippen LogP contribution in [0, 0.1) is 5.92 Å². The zero-order chi connectivity index (χ0) is 24.3. The van der Waals surface area contributed by atoms with Crippen molar-refractivity contribution in [3.63, 3.8) is 0 Å². The van der Waals surface area contributed by atoms with Crippen LogP contribution in [0.3, 0.4) is 0 Å². The van der Waals surface area contributed by atoms with Crippen molar-refractivity contribution in [1.29, 1.82) is 0 Å². The highest BCUT2D eigenvalue weighted by Gasteiger charge is 2.48. The Morgan fingerprint density at radius 2 is 2.00 bits per heavy atom. The fourth-order valence-electron chi connectivity index (χ4n) is 5.46. The van der Waals surface area contributed by atoms with Crippen molar-refractivity contribution < 1.29 is 28.7 Å². The van der Waals surface area contributed by atoms with Crippen LogP contribution in [-0.4, -0.2) is 67.7 Å². The minimum Gasteiger partial charge on any atom is -0.460 e. The van der Waals surface area contributed by atoms with E-state index in [0.29, 0.717) is 16.8 Å². The predicted octanol–water partition coefficient (Wildman–Crippen LogP) is -0.148. The molecule has 4 amide bonds. The summed E-state index contributed by atoms with van der Waals surface area (Å²) < 4.78 is 6.77. The van der Waals surface area contributed by atoms with Gasteiger partial charge in [0.1, 0.15) is 18.2 Å². The maximum Gasteiger partial charge on any atom is 0.329 e. The quantitative estimate of drug-likeness (QED) is 0.455. The van der Waals surface area contributed by atoms with Crippen molar-refractivity contribution in [2.75, 3.05) is 0 Å². The molecule has 4 heterocycles. The van der Waals surface area contributed by atoms with Crippen LogP contribution < -0.4 is 10.6 Å². The van der Waals surface area contributed by atoms with E-state index in [9.17, 15) is 24.0 Å². The van der Waals surface area contributed by atoms with Crippen LogP contribution in [0.25, 0.3) is 5.69 Å². The predicted molar refractivity (Wildman–Crippen MR) is 116 cm³/mol. The number of carbonyl (C=O) groups is 5. The Morgan fingerprint density at radius 3 is 2.83 bits per heavy atom. The molecule has 4 atom stereocenters. The zero-order valence-electron chi connectivity index (χ0n) is 18.6. The number of ether oxygens (including phenoxy) is 1. The molecular formula is C23H22N6O6. The topological polar surface area (TPSA) is 153 Å². The molecule has 35 heavy (non-hydrogen) atoms. The van der Waals surface area contributed by atoms with Gasteiger partial charge in [0.15, 0.2) is 5.69 Å². The molecule has 3 fully saturated rings. The number of amides is 4. The van der Waals surface area contributed by atoms with Crippen LogP contribution in [0.1, 0.15) is 58.5 Å². The monoisotopic (exact) mass is 478 g/mol. The van der Waals surface area contributed by atoms with Crippen LogP contribution in [0.4, 0.5) is 0 Å². The number of hydrogen-bond acceptors (Lipinski definition) is 8. The number of fused-ring (bicyclic) bond motifs is 2. The summed E-state index contributed by atoms with van der Waals surface area (Å²) in [5, 5.41) is 13.0. The Labute approximate surface area is 199 Å². The highest BCUT2D eigenvalue weighted by molar-refractivity contribution is 6.05. The van der Waals surface area contributed by atoms with Crippen molar-refractivity contribution in [3.8, 4) is 5.69 Å². The van der Waals surface area contributed by atoms with E-state index in [1.807, 2.05) is 0 Å². The van der Waals surface area contributed by atoms with Gasteiger partial charge in [0.25, 0.3) is 11.8 Å². The molecule has 4 aliphatic rings. The molecule has 6 rings (SSSR count). The van der Waals surface area contributed by atoms with Crippen LogP contribution in [0.2, 0.25) is 0 Å². The summed E-state index contributed by atoms with van der Waals surface area (Å²) in [6, 6.07) is 3.71. The Morgan fingerprint density at radius 1 is 1.14 bits per heavy atom. The van der Waals surface area contributed by atoms with E-state index < -0.39 is 29.9 Å². The Bertz CT molecular complexity index is 1290. The van der Waals surface area contributed by atoms with E-state index >= 15 is 0 Å². The van der Waals surface area contributed by atoms with Crippen molar-refractivity contribution >= 4 is 29.6 Å². The van der Waals surface area contributed by atoms with Crippen LogP contribution in [0.5, 0.6) is 0 Å². The number of nitrogens with one attached hydrogen (secondary N) is 2. The lowest BCUT2D eigenvalue weighted by Crippen LogP contribution is -2.52. The molecule has 180 valence electrons. The van der Waals surface area contributed by atoms with Crippen LogP contribution in [0.15, 0.2) is 24.4 Å². The average molecular weight is 478 g/mol. The SMILES string of the molecule is O=C1CCC(N2Cc3cc(-n4cc(C(=O)N[C@H]5C(=O)O[C@H]6CCC[C@H]65)nn4)ccc3C2=O)C(=O)N1. The first-order valence-corrected chi connectivity index (χ1v) is 11.6. The molecule has 12 nitrogen and oxygen atoms in total. The summed E-state index contributed by atoms with van der Waals surface area (Å²) in [7, 11) is 0. The third kappa shape index (κ3) is 3.56. The summed E-state index contributed by atoms with van der Waals surface area (Å²) in [4.78, 5) is 62.9. The third-order valence-electron chi connectivity index (χ3n) is 7.24. The number of aromatic nitrogens is 3. The van der Waals surface area contributed by atoms with Crippen molar-refractivity contribution in [2.45, 2.75) is 56.8 Å². The number of esters is 1. The first kappa shape index (κ1) is 21.4. The van der Waals surface area contributed by atoms with Gasteiger partial charge in [-0.25, -0.2) is 9.48 Å². The minimum absolute atomic E-state index is 0.0111. The van der Waals surface area contributed by atoms with E-state index in [1.165, 1.54) is 15.8 Å². The number of nitrogens with zero attached hydrogens (tertiary/aromatic N) is 4. The molecule has 1 aromatic carbocycles. The van der Waals surface area contributed by atoms with Gasteiger partial charge in [0, 0.05) is 24.4 Å². The van der Waals surface area contributed by atoms with Gasteiger partial charge in [-0.05, 0) is 49.4 Å². The summed E-state index contributed by atoms with van der Waals surface area (Å²) in [6.07, 6.45) is 4.42. The van der Waals surface area contributed by atoms with Crippen molar-refractivity contribution in [1.82, 2.24) is 30.5 Å². The molecule has 2 N–H and O–H groups in total. The maximum atomic E-state index is 12.9. The number of benzene rings is 1. The van der Waals surface area contributed by atoms with E-state index in [1.54, 1.807) is 18.2 Å². The average Bonchev–Trinajstić information content (AvgIpc) is 3.60. The molecule has 1 aliphatic carbocycles. The summed E-state index contributed by atoms with van der Waals surface area (Å²) in [5.41, 5.74) is 1.83. The standard InChI is InChI=1S/C23H22N6O6/c30-18-7-6-16(21(32)24-18)28-9-11-8-12(4-5-13(11)22(28)33)29-10-15(26-27-29)20(31)25-19-14-2-1-3-17(14)35-23(19)34/h4-5,8,10,14,16-17,19H,1-3,6-7,9H2,(H,25,31)(H,24,30,32)/t14-,16?,17+,19-/m1/s1. The molecular weight excluding hydrogens is 456 g/mol. The molecule has 2 saturated heterocycles. The Kier molecular flexibility index (Phi) is 4.90. The van der Waals surface area contributed by atoms with Gasteiger partial charge in [0.2, 0.25) is 11.8 Å². The maximum absolute atomic E-state index is 12.9. The van der Waals surface area contributed by atoms with E-state index in [2.05, 4.69) is 20.9 Å². The van der Waals surface area contributed by atoms with Gasteiger partial charge >= 0.3 is 5.97 Å². The second-order valence-electron chi connectivity index (χ2n) is 9.31. The lowest BCUT2D eigenvalue weighted by molar-refractivity contribution is -0.143. The Balaban J connectivity index is 1.17. The van der Waals surface area contributed by atoms with Gasteiger partial charge in [-0.1, -0.05) is 5.21 Å². The van der Waals surface area contributed by atoms with E-state index in [4.69, 9.17) is 4.74 Å². The molecule has 0 spiro atoms. The third-order valence-corrected chi connectivity index (χ3v) is 7.24. The fourth-order valence-corrected chi connectivity index (χ4v) is 5.46. The number of hydrogen-bond donors (Lipinski definition) is 2. The lowest BCUT2D eigenvalue weighted by Gasteiger charge is -2.29. The normalized spacial score (nSPS) is 27.5. The van der Waals surface area contributed by atoms with Gasteiger partial charge < -0.3 is 15.0 Å². The highest BCUT2D eigenvalue weighted by atomic mass is 16.6. The number of rotatable bonds is 4. The van der Waals surface area contributed by atoms with E-state index in [0.717, 1.165) is 19.3 Å². The lowest BCUT2D eigenvalue weighted by atomic mass is 9.99. The highest BCUT2D eigenvalue weighted by Crippen LogP contribution is 2.36. The smallest absolute Gasteiger partial charge is 0.329 e. The van der Waals surface area contributed by atoms with Gasteiger partial charge in [0.05, 0.1) is 11.9 Å². The number of piperidine rings is 1. The zero-order valence-corrected chi connectivity index (χ0v) is 18.6. The largest absolute Gasteiger partial charge is 0.460 e. The number of imide groups is 1. The van der Waals surface area contributed by atoms with Crippen LogP contribution in [-0.2, 0) is 25.7 Å². The number of carbonyl (C=O) groups excluding carboxylic acids is 5. The Hall–Kier alpha value is -4.09. The minimum atomic E-state index is -0.695. The van der Waals surface area contributed by atoms with Crippen molar-refractivity contribution in [3.05, 3.63) is 41.2 Å². The summed E-state index contributed by atoms with van der Waals surface area (Å²) >= 11 is 0. The summed E-state index contributed by atoms with van der Waals surface area (Å²) in [6.45, 7) is 0.225. The molecule has 1 aromatic heterocycles. The molecule has 2 aromatic rings. The van der Waals surface area contributed by atoms with Gasteiger partial charge in [-0.15, -0.1) is 5.10 Å². The molecule has 1 saturated carbocycles. The van der Waals surface area contributed by atoms with E-state index in [-0.39, 0.29) is 48.9 Å². The molecule has 0 bridgehead atoms. The molecule has 3 aliphatic heterocycles. The summed E-state index contributed by atoms with van der Waals surface area (Å²) in [5.74, 6) is -2.01. The van der Waals surface area contributed by atoms with Crippen LogP contribution >= 0.6 is 0 Å². The molecule has 1 unspecified atom stereocenters. The van der Waals surface area contributed by atoms with Gasteiger partial charge in [-0.2, -0.15) is 0 Å². The van der Waals surface area contributed by atoms with Crippen molar-refractivity contribution in [2.24, 2.45) is 5.92 Å².